The number of carbonyl (C=O) groups excluding carboxylic acids is 1. The molecule has 1 aliphatic heterocycles. The molecule has 5 heteroatoms. The van der Waals surface area contributed by atoms with E-state index >= 15 is 0 Å². The number of rotatable bonds is 2. The van der Waals surface area contributed by atoms with Gasteiger partial charge < -0.3 is 10.3 Å². The van der Waals surface area contributed by atoms with Crippen LogP contribution in [0.1, 0.15) is 44.7 Å². The van der Waals surface area contributed by atoms with Crippen molar-refractivity contribution in [3.8, 4) is 6.07 Å². The third-order valence-electron chi connectivity index (χ3n) is 4.64. The summed E-state index contributed by atoms with van der Waals surface area (Å²) >= 11 is 0. The molecule has 1 aliphatic rings. The van der Waals surface area contributed by atoms with Crippen molar-refractivity contribution in [1.29, 1.82) is 5.26 Å². The van der Waals surface area contributed by atoms with Gasteiger partial charge in [0.05, 0.1) is 17.0 Å². The first-order chi connectivity index (χ1) is 11.4. The molecule has 5 nitrogen and oxygen atoms in total. The minimum Gasteiger partial charge on any atom is -0.361 e. The van der Waals surface area contributed by atoms with E-state index in [1.807, 2.05) is 39.1 Å². The molecular formula is C19H23N4O. The Balaban J connectivity index is 2.13. The Hall–Kier alpha value is -2.32. The van der Waals surface area contributed by atoms with Crippen molar-refractivity contribution in [3.05, 3.63) is 35.5 Å². The van der Waals surface area contributed by atoms with Crippen LogP contribution in [0.5, 0.6) is 0 Å². The number of nitrogens with one attached hydrogen (secondary N) is 2. The van der Waals surface area contributed by atoms with Gasteiger partial charge in [-0.25, -0.2) is 5.32 Å². The van der Waals surface area contributed by atoms with Crippen molar-refractivity contribution < 1.29 is 4.79 Å². The normalized spacial score (nSPS) is 17.4. The van der Waals surface area contributed by atoms with Crippen LogP contribution in [-0.2, 0) is 10.2 Å². The molecule has 2 heterocycles. The fourth-order valence-corrected chi connectivity index (χ4v) is 3.44. The first-order valence-corrected chi connectivity index (χ1v) is 8.33. The Labute approximate surface area is 142 Å². The van der Waals surface area contributed by atoms with Crippen molar-refractivity contribution >= 4 is 16.8 Å². The Morgan fingerprint density at radius 1 is 1.33 bits per heavy atom. The van der Waals surface area contributed by atoms with Crippen LogP contribution in [0.2, 0.25) is 0 Å². The topological polar surface area (TPSA) is 82.8 Å². The van der Waals surface area contributed by atoms with Crippen LogP contribution >= 0.6 is 0 Å². The molecule has 0 aliphatic carbocycles. The first kappa shape index (κ1) is 16.5. The summed E-state index contributed by atoms with van der Waals surface area (Å²) in [5.41, 5.74) is 1.65. The van der Waals surface area contributed by atoms with Gasteiger partial charge in [-0.1, -0.05) is 0 Å². The Kier molecular flexibility index (Phi) is 4.10. The second-order valence-electron chi connectivity index (χ2n) is 7.53. The minimum atomic E-state index is -0.596. The summed E-state index contributed by atoms with van der Waals surface area (Å²) in [4.78, 5) is 16.5. The number of amides is 1. The highest BCUT2D eigenvalue weighted by atomic mass is 16.2. The molecule has 1 radical (unpaired) electrons. The smallest absolute Gasteiger partial charge is 0.231 e. The van der Waals surface area contributed by atoms with Crippen molar-refractivity contribution in [1.82, 2.24) is 15.6 Å². The Bertz CT molecular complexity index is 801. The number of aromatic amines is 1. The van der Waals surface area contributed by atoms with E-state index in [1.54, 1.807) is 6.07 Å². The molecule has 0 unspecified atom stereocenters. The van der Waals surface area contributed by atoms with Crippen LogP contribution in [0.25, 0.3) is 10.9 Å². The van der Waals surface area contributed by atoms with Gasteiger partial charge in [0.1, 0.15) is 0 Å². The summed E-state index contributed by atoms with van der Waals surface area (Å²) in [6, 6.07) is 7.76. The maximum atomic E-state index is 13.2. The van der Waals surface area contributed by atoms with Crippen LogP contribution in [0.15, 0.2) is 24.4 Å². The van der Waals surface area contributed by atoms with E-state index in [-0.39, 0.29) is 11.4 Å². The van der Waals surface area contributed by atoms with Crippen LogP contribution < -0.4 is 10.6 Å². The molecule has 0 saturated carbocycles. The van der Waals surface area contributed by atoms with Crippen LogP contribution in [0, 0.1) is 11.3 Å². The number of fused-ring (bicyclic) bond motifs is 1. The van der Waals surface area contributed by atoms with E-state index in [1.165, 1.54) is 0 Å². The van der Waals surface area contributed by atoms with Crippen molar-refractivity contribution in [3.63, 3.8) is 0 Å². The van der Waals surface area contributed by atoms with Gasteiger partial charge in [-0.3, -0.25) is 4.79 Å². The SMILES string of the molecule is CC(C)(C)NC(=O)C1(c2c[nH]c3ccc(C#N)cc23)CC[N]CC1. The monoisotopic (exact) mass is 323 g/mol. The summed E-state index contributed by atoms with van der Waals surface area (Å²) in [5, 5.41) is 17.8. The fourth-order valence-electron chi connectivity index (χ4n) is 3.44. The number of carbonyl (C=O) groups is 1. The number of H-pyrrole nitrogens is 1. The molecule has 0 bridgehead atoms. The average molecular weight is 323 g/mol. The van der Waals surface area contributed by atoms with Crippen molar-refractivity contribution in [2.75, 3.05) is 13.1 Å². The van der Waals surface area contributed by atoms with E-state index in [2.05, 4.69) is 21.7 Å². The van der Waals surface area contributed by atoms with Gasteiger partial charge in [0.25, 0.3) is 0 Å². The molecule has 0 atom stereocenters. The van der Waals surface area contributed by atoms with Gasteiger partial charge >= 0.3 is 0 Å². The molecule has 1 amide bonds. The summed E-state index contributed by atoms with van der Waals surface area (Å²) in [6.45, 7) is 7.35. The van der Waals surface area contributed by atoms with Gasteiger partial charge in [-0.15, -0.1) is 0 Å². The molecule has 1 aromatic heterocycles. The minimum absolute atomic E-state index is 0.0492. The number of aromatic nitrogens is 1. The second kappa shape index (κ2) is 5.95. The largest absolute Gasteiger partial charge is 0.361 e. The molecule has 3 rings (SSSR count). The van der Waals surface area contributed by atoms with Crippen molar-refractivity contribution in [2.24, 2.45) is 0 Å². The highest BCUT2D eigenvalue weighted by Crippen LogP contribution is 2.39. The van der Waals surface area contributed by atoms with Crippen molar-refractivity contribution in [2.45, 2.75) is 44.6 Å². The number of benzene rings is 1. The highest BCUT2D eigenvalue weighted by Gasteiger charge is 2.44. The molecule has 1 saturated heterocycles. The molecule has 125 valence electrons. The zero-order chi connectivity index (χ0) is 17.4. The van der Waals surface area contributed by atoms with Gasteiger partial charge in [0.2, 0.25) is 5.91 Å². The number of hydrogen-bond acceptors (Lipinski definition) is 2. The lowest BCUT2D eigenvalue weighted by molar-refractivity contribution is -0.129. The van der Waals surface area contributed by atoms with Crippen LogP contribution in [-0.4, -0.2) is 29.5 Å². The summed E-state index contributed by atoms with van der Waals surface area (Å²) in [5.74, 6) is 0.0492. The second-order valence-corrected chi connectivity index (χ2v) is 7.53. The number of nitrogens with zero attached hydrogens (tertiary/aromatic N) is 2. The summed E-state index contributed by atoms with van der Waals surface area (Å²) in [6.07, 6.45) is 3.32. The lowest BCUT2D eigenvalue weighted by Gasteiger charge is -2.38. The number of hydrogen-bond donors (Lipinski definition) is 2. The fraction of sp³-hybridized carbons (Fsp3) is 0.474. The van der Waals surface area contributed by atoms with Crippen LogP contribution in [0.4, 0.5) is 0 Å². The Morgan fingerprint density at radius 3 is 2.67 bits per heavy atom. The lowest BCUT2D eigenvalue weighted by atomic mass is 9.72. The first-order valence-electron chi connectivity index (χ1n) is 8.33. The zero-order valence-electron chi connectivity index (χ0n) is 14.4. The van der Waals surface area contributed by atoms with E-state index in [0.29, 0.717) is 31.5 Å². The molecule has 1 fully saturated rings. The molecule has 2 aromatic rings. The lowest BCUT2D eigenvalue weighted by Crippen LogP contribution is -2.54. The summed E-state index contributed by atoms with van der Waals surface area (Å²) in [7, 11) is 0. The molecule has 24 heavy (non-hydrogen) atoms. The van der Waals surface area contributed by atoms with Gasteiger partial charge in [-0.2, -0.15) is 5.26 Å². The third kappa shape index (κ3) is 2.90. The van der Waals surface area contributed by atoms with Gasteiger partial charge in [0.15, 0.2) is 0 Å². The predicted molar refractivity (Wildman–Crippen MR) is 93.7 cm³/mol. The van der Waals surface area contributed by atoms with E-state index in [9.17, 15) is 10.1 Å². The third-order valence-corrected chi connectivity index (χ3v) is 4.64. The maximum absolute atomic E-state index is 13.2. The molecule has 1 aromatic carbocycles. The standard InChI is InChI=1S/C19H23N4O/c1-18(2,3)23-17(24)19(6-8-21-9-7-19)15-12-22-16-5-4-13(11-20)10-14(15)16/h4-5,10,12,22H,6-9H2,1-3H3,(H,23,24). The molecule has 2 N–H and O–H groups in total. The van der Waals surface area contributed by atoms with Gasteiger partial charge in [0, 0.05) is 35.7 Å². The average Bonchev–Trinajstić information content (AvgIpc) is 2.97. The predicted octanol–water partition coefficient (Wildman–Crippen LogP) is 2.59. The zero-order valence-corrected chi connectivity index (χ0v) is 14.4. The Morgan fingerprint density at radius 2 is 2.04 bits per heavy atom. The maximum Gasteiger partial charge on any atom is 0.231 e. The number of nitriles is 1. The number of piperidine rings is 1. The van der Waals surface area contributed by atoms with Gasteiger partial charge in [-0.05, 0) is 57.4 Å². The summed E-state index contributed by atoms with van der Waals surface area (Å²) < 4.78 is 0. The molecular weight excluding hydrogens is 300 g/mol. The molecule has 0 spiro atoms. The van der Waals surface area contributed by atoms with Crippen LogP contribution in [0.3, 0.4) is 0 Å². The van der Waals surface area contributed by atoms with E-state index in [4.69, 9.17) is 0 Å². The quantitative estimate of drug-likeness (QED) is 0.890. The van der Waals surface area contributed by atoms with E-state index in [0.717, 1.165) is 16.5 Å². The highest BCUT2D eigenvalue weighted by molar-refractivity contribution is 5.96. The van der Waals surface area contributed by atoms with E-state index < -0.39 is 5.41 Å².